The molecule has 1 amide bonds. The zero-order valence-electron chi connectivity index (χ0n) is 14.3. The number of rotatable bonds is 6. The van der Waals surface area contributed by atoms with E-state index in [0.29, 0.717) is 12.3 Å². The van der Waals surface area contributed by atoms with Crippen molar-refractivity contribution in [2.45, 2.75) is 18.5 Å². The van der Waals surface area contributed by atoms with E-state index in [1.807, 2.05) is 48.5 Å². The summed E-state index contributed by atoms with van der Waals surface area (Å²) in [6, 6.07) is 17.7. The molecule has 3 aromatic rings. The predicted molar refractivity (Wildman–Crippen MR) is 102 cm³/mol. The van der Waals surface area contributed by atoms with E-state index in [1.165, 1.54) is 17.3 Å². The molecule has 1 N–H and O–H groups in total. The molecular formula is C20H20N2O2S. The lowest BCUT2D eigenvalue weighted by Gasteiger charge is -2.10. The Hall–Kier alpha value is -2.53. The topological polar surface area (TPSA) is 51.2 Å². The van der Waals surface area contributed by atoms with Gasteiger partial charge in [-0.05, 0) is 30.7 Å². The van der Waals surface area contributed by atoms with Crippen molar-refractivity contribution in [1.29, 1.82) is 0 Å². The van der Waals surface area contributed by atoms with E-state index in [-0.39, 0.29) is 5.91 Å². The third-order valence-electron chi connectivity index (χ3n) is 3.92. The number of benzene rings is 2. The molecule has 4 nitrogen and oxygen atoms in total. The summed E-state index contributed by atoms with van der Waals surface area (Å²) in [6.07, 6.45) is 0. The molecule has 0 unspecified atom stereocenters. The average Bonchev–Trinajstić information content (AvgIpc) is 2.65. The van der Waals surface area contributed by atoms with Gasteiger partial charge >= 0.3 is 0 Å². The lowest BCUT2D eigenvalue weighted by molar-refractivity contribution is -0.118. The minimum atomic E-state index is -0.0245. The molecule has 0 fully saturated rings. The Morgan fingerprint density at radius 2 is 1.92 bits per heavy atom. The van der Waals surface area contributed by atoms with E-state index in [0.717, 1.165) is 27.2 Å². The van der Waals surface area contributed by atoms with Crippen molar-refractivity contribution in [2.75, 3.05) is 12.9 Å². The number of thioether (sulfide) groups is 1. The van der Waals surface area contributed by atoms with Crippen LogP contribution in [-0.4, -0.2) is 23.8 Å². The first-order valence-electron chi connectivity index (χ1n) is 8.05. The van der Waals surface area contributed by atoms with Gasteiger partial charge in [0.25, 0.3) is 0 Å². The molecule has 2 aromatic carbocycles. The van der Waals surface area contributed by atoms with E-state index in [1.54, 1.807) is 7.11 Å². The number of hydrogen-bond acceptors (Lipinski definition) is 4. The van der Waals surface area contributed by atoms with Gasteiger partial charge in [0, 0.05) is 17.5 Å². The summed E-state index contributed by atoms with van der Waals surface area (Å²) in [5.74, 6) is 1.09. The predicted octanol–water partition coefficient (Wildman–Crippen LogP) is 3.96. The minimum Gasteiger partial charge on any atom is -0.496 e. The normalized spacial score (nSPS) is 10.6. The molecule has 5 heteroatoms. The molecule has 0 aliphatic rings. The second-order valence-electron chi connectivity index (χ2n) is 5.67. The largest absolute Gasteiger partial charge is 0.496 e. The van der Waals surface area contributed by atoms with Gasteiger partial charge in [0.15, 0.2) is 0 Å². The van der Waals surface area contributed by atoms with Gasteiger partial charge in [0.1, 0.15) is 5.75 Å². The number of aromatic nitrogens is 1. The Morgan fingerprint density at radius 1 is 1.16 bits per heavy atom. The van der Waals surface area contributed by atoms with Crippen molar-refractivity contribution in [3.05, 3.63) is 65.7 Å². The minimum absolute atomic E-state index is 0.0245. The Labute approximate surface area is 151 Å². The molecule has 0 saturated heterocycles. The summed E-state index contributed by atoms with van der Waals surface area (Å²) in [6.45, 7) is 2.52. The molecule has 0 bridgehead atoms. The smallest absolute Gasteiger partial charge is 0.230 e. The maximum absolute atomic E-state index is 12.1. The van der Waals surface area contributed by atoms with Crippen LogP contribution in [0.2, 0.25) is 0 Å². The SMILES string of the molecule is COc1ccccc1CNC(=O)CSc1cc(C)c2ccccc2n1. The van der Waals surface area contributed by atoms with Crippen molar-refractivity contribution < 1.29 is 9.53 Å². The second-order valence-corrected chi connectivity index (χ2v) is 6.67. The van der Waals surface area contributed by atoms with Crippen molar-refractivity contribution in [3.8, 4) is 5.75 Å². The number of nitrogens with one attached hydrogen (secondary N) is 1. The van der Waals surface area contributed by atoms with Gasteiger partial charge in [-0.25, -0.2) is 4.98 Å². The first-order chi connectivity index (χ1) is 12.2. The lowest BCUT2D eigenvalue weighted by Crippen LogP contribution is -2.24. The highest BCUT2D eigenvalue weighted by Gasteiger charge is 2.08. The van der Waals surface area contributed by atoms with E-state index in [2.05, 4.69) is 23.3 Å². The monoisotopic (exact) mass is 352 g/mol. The van der Waals surface area contributed by atoms with Crippen molar-refractivity contribution in [3.63, 3.8) is 0 Å². The number of carbonyl (C=O) groups is 1. The summed E-state index contributed by atoms with van der Waals surface area (Å²) in [5.41, 5.74) is 3.09. The number of methoxy groups -OCH3 is 1. The number of ether oxygens (including phenoxy) is 1. The number of pyridine rings is 1. The van der Waals surface area contributed by atoms with Crippen LogP contribution in [0.3, 0.4) is 0 Å². The lowest BCUT2D eigenvalue weighted by atomic mass is 10.1. The fourth-order valence-electron chi connectivity index (χ4n) is 2.63. The maximum atomic E-state index is 12.1. The Kier molecular flexibility index (Phi) is 5.56. The number of nitrogens with zero attached hydrogens (tertiary/aromatic N) is 1. The van der Waals surface area contributed by atoms with Crippen LogP contribution in [0, 0.1) is 6.92 Å². The third-order valence-corrected chi connectivity index (χ3v) is 4.83. The van der Waals surface area contributed by atoms with Gasteiger partial charge in [-0.1, -0.05) is 48.2 Å². The van der Waals surface area contributed by atoms with Gasteiger partial charge in [-0.15, -0.1) is 0 Å². The molecule has 128 valence electrons. The number of para-hydroxylation sites is 2. The average molecular weight is 352 g/mol. The summed E-state index contributed by atoms with van der Waals surface area (Å²) in [4.78, 5) is 16.8. The molecule has 0 radical (unpaired) electrons. The van der Waals surface area contributed by atoms with Gasteiger partial charge in [-0.3, -0.25) is 4.79 Å². The zero-order chi connectivity index (χ0) is 17.6. The van der Waals surface area contributed by atoms with Crippen LogP contribution in [0.1, 0.15) is 11.1 Å². The van der Waals surface area contributed by atoms with Crippen LogP contribution in [0.5, 0.6) is 5.75 Å². The molecule has 1 aromatic heterocycles. The van der Waals surface area contributed by atoms with Crippen LogP contribution in [0.15, 0.2) is 59.6 Å². The van der Waals surface area contributed by atoms with E-state index in [4.69, 9.17) is 4.74 Å². The molecule has 0 atom stereocenters. The number of aryl methyl sites for hydroxylation is 1. The van der Waals surface area contributed by atoms with Crippen LogP contribution >= 0.6 is 11.8 Å². The fourth-order valence-corrected chi connectivity index (χ4v) is 3.43. The molecule has 1 heterocycles. The zero-order valence-corrected chi connectivity index (χ0v) is 15.1. The molecule has 0 aliphatic heterocycles. The number of fused-ring (bicyclic) bond motifs is 1. The highest BCUT2D eigenvalue weighted by Crippen LogP contribution is 2.23. The molecule has 25 heavy (non-hydrogen) atoms. The second kappa shape index (κ2) is 8.03. The van der Waals surface area contributed by atoms with Gasteiger partial charge in [-0.2, -0.15) is 0 Å². The highest BCUT2D eigenvalue weighted by atomic mass is 32.2. The van der Waals surface area contributed by atoms with Crippen molar-refractivity contribution >= 4 is 28.6 Å². The number of hydrogen-bond donors (Lipinski definition) is 1. The maximum Gasteiger partial charge on any atom is 0.230 e. The molecule has 0 saturated carbocycles. The number of amides is 1. The summed E-state index contributed by atoms with van der Waals surface area (Å²) >= 11 is 1.45. The number of carbonyl (C=O) groups excluding carboxylic acids is 1. The summed E-state index contributed by atoms with van der Waals surface area (Å²) < 4.78 is 5.29. The third kappa shape index (κ3) is 4.31. The van der Waals surface area contributed by atoms with Crippen LogP contribution < -0.4 is 10.1 Å². The molecule has 0 spiro atoms. The van der Waals surface area contributed by atoms with Crippen molar-refractivity contribution in [1.82, 2.24) is 10.3 Å². The Bertz CT molecular complexity index is 896. The van der Waals surface area contributed by atoms with Crippen LogP contribution in [0.4, 0.5) is 0 Å². The van der Waals surface area contributed by atoms with Crippen LogP contribution in [0.25, 0.3) is 10.9 Å². The Balaban J connectivity index is 1.59. The van der Waals surface area contributed by atoms with Crippen molar-refractivity contribution in [2.24, 2.45) is 0 Å². The van der Waals surface area contributed by atoms with E-state index in [9.17, 15) is 4.79 Å². The molecular weight excluding hydrogens is 332 g/mol. The standard InChI is InChI=1S/C20H20N2O2S/c1-14-11-20(22-17-9-5-4-8-16(14)17)25-13-19(23)21-12-15-7-3-6-10-18(15)24-2/h3-11H,12-13H2,1-2H3,(H,21,23). The van der Waals surface area contributed by atoms with E-state index >= 15 is 0 Å². The fraction of sp³-hybridized carbons (Fsp3) is 0.200. The quantitative estimate of drug-likeness (QED) is 0.682. The van der Waals surface area contributed by atoms with Gasteiger partial charge in [0.05, 0.1) is 23.4 Å². The van der Waals surface area contributed by atoms with Gasteiger partial charge in [0.2, 0.25) is 5.91 Å². The first kappa shape index (κ1) is 17.3. The van der Waals surface area contributed by atoms with Gasteiger partial charge < -0.3 is 10.1 Å². The summed E-state index contributed by atoms with van der Waals surface area (Å²) in [7, 11) is 1.63. The highest BCUT2D eigenvalue weighted by molar-refractivity contribution is 7.99. The first-order valence-corrected chi connectivity index (χ1v) is 9.03. The Morgan fingerprint density at radius 3 is 2.76 bits per heavy atom. The van der Waals surface area contributed by atoms with Crippen LogP contribution in [-0.2, 0) is 11.3 Å². The molecule has 0 aliphatic carbocycles. The summed E-state index contributed by atoms with van der Waals surface area (Å²) in [5, 5.41) is 4.94. The van der Waals surface area contributed by atoms with E-state index < -0.39 is 0 Å². The molecule has 3 rings (SSSR count).